The second-order valence-electron chi connectivity index (χ2n) is 3.55. The Labute approximate surface area is 96.0 Å². The van der Waals surface area contributed by atoms with Crippen molar-refractivity contribution in [1.29, 1.82) is 0 Å². The fourth-order valence-corrected chi connectivity index (χ4v) is 1.39. The number of nitrogens with two attached hydrogens (primary N) is 1. The average molecular weight is 253 g/mol. The molecular weight excluding hydrogens is 239 g/mol. The molecule has 0 aromatic carbocycles. The van der Waals surface area contributed by atoms with Crippen LogP contribution < -0.4 is 5.73 Å². The van der Waals surface area contributed by atoms with Gasteiger partial charge in [-0.15, -0.1) is 0 Å². The summed E-state index contributed by atoms with van der Waals surface area (Å²) in [6.45, 7) is -0.296. The van der Waals surface area contributed by atoms with Gasteiger partial charge in [0.15, 0.2) is 5.69 Å². The molecule has 17 heavy (non-hydrogen) atoms. The van der Waals surface area contributed by atoms with Crippen molar-refractivity contribution in [3.05, 3.63) is 18.0 Å². The predicted molar refractivity (Wildman–Crippen MR) is 53.2 cm³/mol. The Balaban J connectivity index is 2.86. The zero-order chi connectivity index (χ0) is 13.1. The Morgan fingerprint density at radius 3 is 2.65 bits per heavy atom. The summed E-state index contributed by atoms with van der Waals surface area (Å²) >= 11 is 0. The van der Waals surface area contributed by atoms with Gasteiger partial charge in [0.05, 0.1) is 25.3 Å². The molecule has 0 saturated carbocycles. The van der Waals surface area contributed by atoms with E-state index in [2.05, 4.69) is 5.10 Å². The van der Waals surface area contributed by atoms with Gasteiger partial charge >= 0.3 is 6.18 Å². The first-order chi connectivity index (χ1) is 7.90. The molecule has 5 nitrogen and oxygen atoms in total. The van der Waals surface area contributed by atoms with Crippen LogP contribution in [-0.4, -0.2) is 41.3 Å². The summed E-state index contributed by atoms with van der Waals surface area (Å²) in [5.74, 6) is 0. The van der Waals surface area contributed by atoms with Crippen molar-refractivity contribution in [3.8, 4) is 0 Å². The van der Waals surface area contributed by atoms with E-state index in [9.17, 15) is 13.2 Å². The van der Waals surface area contributed by atoms with E-state index < -0.39 is 30.6 Å². The fraction of sp³-hybridized carbons (Fsp3) is 0.667. The van der Waals surface area contributed by atoms with Crippen molar-refractivity contribution in [1.82, 2.24) is 9.78 Å². The van der Waals surface area contributed by atoms with Gasteiger partial charge in [-0.05, 0) is 6.07 Å². The van der Waals surface area contributed by atoms with Crippen molar-refractivity contribution >= 4 is 0 Å². The third kappa shape index (κ3) is 3.42. The Hall–Kier alpha value is -1.12. The number of alkyl halides is 3. The topological polar surface area (TPSA) is 73.3 Å². The second kappa shape index (κ2) is 5.48. The fourth-order valence-electron chi connectivity index (χ4n) is 1.39. The third-order valence-corrected chi connectivity index (χ3v) is 2.28. The number of aliphatic hydroxyl groups excluding tert-OH is 1. The van der Waals surface area contributed by atoms with Crippen LogP contribution >= 0.6 is 0 Å². The summed E-state index contributed by atoms with van der Waals surface area (Å²) in [6.07, 6.45) is -3.37. The number of rotatable bonds is 5. The van der Waals surface area contributed by atoms with Gasteiger partial charge in [-0.3, -0.25) is 4.68 Å². The SMILES string of the molecule is COCC(N)C(CO)n1ccc(C(F)(F)F)n1. The minimum absolute atomic E-state index is 0.117. The molecule has 0 aliphatic carbocycles. The Bertz CT molecular complexity index is 354. The normalized spacial score (nSPS) is 15.9. The number of nitrogens with zero attached hydrogens (tertiary/aromatic N) is 2. The molecule has 2 atom stereocenters. The van der Waals surface area contributed by atoms with E-state index >= 15 is 0 Å². The Morgan fingerprint density at radius 2 is 2.24 bits per heavy atom. The van der Waals surface area contributed by atoms with Crippen LogP contribution in [0, 0.1) is 0 Å². The van der Waals surface area contributed by atoms with Gasteiger partial charge in [0.25, 0.3) is 0 Å². The molecule has 3 N–H and O–H groups in total. The van der Waals surface area contributed by atoms with Gasteiger partial charge in [0.1, 0.15) is 0 Å². The van der Waals surface area contributed by atoms with E-state index in [4.69, 9.17) is 15.6 Å². The molecule has 1 aromatic rings. The van der Waals surface area contributed by atoms with Crippen molar-refractivity contribution in [2.24, 2.45) is 5.73 Å². The minimum Gasteiger partial charge on any atom is -0.394 e. The van der Waals surface area contributed by atoms with Crippen LogP contribution in [0.5, 0.6) is 0 Å². The van der Waals surface area contributed by atoms with Crippen LogP contribution in [-0.2, 0) is 10.9 Å². The molecule has 0 fully saturated rings. The number of ether oxygens (including phenoxy) is 1. The smallest absolute Gasteiger partial charge is 0.394 e. The predicted octanol–water partition coefficient (Wildman–Crippen LogP) is 0.409. The summed E-state index contributed by atoms with van der Waals surface area (Å²) in [6, 6.07) is -0.542. The van der Waals surface area contributed by atoms with E-state index in [1.807, 2.05) is 0 Å². The lowest BCUT2D eigenvalue weighted by Crippen LogP contribution is -2.38. The molecule has 0 saturated heterocycles. The molecule has 1 rings (SSSR count). The highest BCUT2D eigenvalue weighted by atomic mass is 19.4. The minimum atomic E-state index is -4.50. The number of methoxy groups -OCH3 is 1. The molecule has 1 aromatic heterocycles. The van der Waals surface area contributed by atoms with Gasteiger partial charge in [-0.2, -0.15) is 18.3 Å². The van der Waals surface area contributed by atoms with Gasteiger partial charge < -0.3 is 15.6 Å². The third-order valence-electron chi connectivity index (χ3n) is 2.28. The molecule has 0 aliphatic heterocycles. The van der Waals surface area contributed by atoms with Gasteiger partial charge in [-0.1, -0.05) is 0 Å². The lowest BCUT2D eigenvalue weighted by atomic mass is 10.1. The van der Waals surface area contributed by atoms with Crippen molar-refractivity contribution in [2.75, 3.05) is 20.3 Å². The van der Waals surface area contributed by atoms with Gasteiger partial charge in [0.2, 0.25) is 0 Å². The van der Waals surface area contributed by atoms with E-state index in [-0.39, 0.29) is 6.61 Å². The number of halogens is 3. The molecule has 0 radical (unpaired) electrons. The standard InChI is InChI=1S/C9H14F3N3O2/c1-17-5-6(13)7(4-16)15-3-2-8(14-15)9(10,11)12/h2-3,6-7,16H,4-5,13H2,1H3. The highest BCUT2D eigenvalue weighted by Crippen LogP contribution is 2.28. The monoisotopic (exact) mass is 253 g/mol. The lowest BCUT2D eigenvalue weighted by molar-refractivity contribution is -0.141. The number of aromatic nitrogens is 2. The van der Waals surface area contributed by atoms with Crippen LogP contribution in [0.15, 0.2) is 12.3 Å². The van der Waals surface area contributed by atoms with Gasteiger partial charge in [0, 0.05) is 13.3 Å². The Morgan fingerprint density at radius 1 is 1.59 bits per heavy atom. The first-order valence-corrected chi connectivity index (χ1v) is 4.88. The molecule has 0 aliphatic rings. The lowest BCUT2D eigenvalue weighted by Gasteiger charge is -2.21. The van der Waals surface area contributed by atoms with Gasteiger partial charge in [-0.25, -0.2) is 0 Å². The maximum Gasteiger partial charge on any atom is 0.435 e. The maximum atomic E-state index is 12.3. The first kappa shape index (κ1) is 13.9. The van der Waals surface area contributed by atoms with Crippen molar-refractivity contribution in [2.45, 2.75) is 18.3 Å². The molecule has 8 heteroatoms. The van der Waals surface area contributed by atoms with E-state index in [0.29, 0.717) is 0 Å². The van der Waals surface area contributed by atoms with E-state index in [1.54, 1.807) is 0 Å². The summed E-state index contributed by atoms with van der Waals surface area (Å²) in [4.78, 5) is 0. The van der Waals surface area contributed by atoms with Crippen molar-refractivity contribution < 1.29 is 23.0 Å². The summed E-state index contributed by atoms with van der Waals surface area (Å²) < 4.78 is 42.8. The summed E-state index contributed by atoms with van der Waals surface area (Å²) in [5, 5.41) is 12.5. The maximum absolute atomic E-state index is 12.3. The molecule has 0 amide bonds. The average Bonchev–Trinajstić information content (AvgIpc) is 2.68. The molecule has 2 unspecified atom stereocenters. The summed E-state index contributed by atoms with van der Waals surface area (Å²) in [7, 11) is 1.42. The zero-order valence-corrected chi connectivity index (χ0v) is 9.18. The first-order valence-electron chi connectivity index (χ1n) is 4.88. The number of aliphatic hydroxyl groups is 1. The highest BCUT2D eigenvalue weighted by molar-refractivity contribution is 5.04. The van der Waals surface area contributed by atoms with Crippen LogP contribution in [0.4, 0.5) is 13.2 Å². The van der Waals surface area contributed by atoms with Crippen molar-refractivity contribution in [3.63, 3.8) is 0 Å². The van der Waals surface area contributed by atoms with E-state index in [0.717, 1.165) is 16.9 Å². The highest BCUT2D eigenvalue weighted by Gasteiger charge is 2.34. The number of hydrogen-bond acceptors (Lipinski definition) is 4. The van der Waals surface area contributed by atoms with Crippen LogP contribution in [0.3, 0.4) is 0 Å². The molecule has 98 valence electrons. The molecule has 0 bridgehead atoms. The van der Waals surface area contributed by atoms with Crippen LogP contribution in [0.25, 0.3) is 0 Å². The number of hydrogen-bond donors (Lipinski definition) is 2. The second-order valence-corrected chi connectivity index (χ2v) is 3.55. The Kier molecular flexibility index (Phi) is 4.49. The van der Waals surface area contributed by atoms with Crippen LogP contribution in [0.1, 0.15) is 11.7 Å². The zero-order valence-electron chi connectivity index (χ0n) is 9.18. The van der Waals surface area contributed by atoms with Crippen LogP contribution in [0.2, 0.25) is 0 Å². The molecule has 1 heterocycles. The molecular formula is C9H14F3N3O2. The molecule has 0 spiro atoms. The quantitative estimate of drug-likeness (QED) is 0.797. The van der Waals surface area contributed by atoms with E-state index in [1.165, 1.54) is 7.11 Å². The largest absolute Gasteiger partial charge is 0.435 e. The summed E-state index contributed by atoms with van der Waals surface area (Å²) in [5.41, 5.74) is 4.65.